The molecule has 20 heavy (non-hydrogen) atoms. The molecule has 1 aromatic rings. The maximum atomic E-state index is 9.61. The first kappa shape index (κ1) is 15.0. The van der Waals surface area contributed by atoms with Crippen LogP contribution in [0.1, 0.15) is 30.0 Å². The van der Waals surface area contributed by atoms with Crippen molar-refractivity contribution in [3.8, 4) is 6.07 Å². The van der Waals surface area contributed by atoms with Crippen LogP contribution in [0.4, 0.5) is 0 Å². The van der Waals surface area contributed by atoms with Gasteiger partial charge in [0.15, 0.2) is 0 Å². The second-order valence-electron chi connectivity index (χ2n) is 5.92. The van der Waals surface area contributed by atoms with Gasteiger partial charge in [-0.3, -0.25) is 4.90 Å². The molecule has 2 rings (SSSR count). The van der Waals surface area contributed by atoms with Crippen molar-refractivity contribution < 1.29 is 4.74 Å². The molecule has 1 atom stereocenters. The minimum atomic E-state index is -0.389. The van der Waals surface area contributed by atoms with Crippen LogP contribution in [0.15, 0.2) is 18.2 Å². The number of aryl methyl sites for hydroxylation is 3. The molecule has 1 heterocycles. The average molecular weight is 272 g/mol. The van der Waals surface area contributed by atoms with Crippen LogP contribution in [0.25, 0.3) is 0 Å². The monoisotopic (exact) mass is 272 g/mol. The van der Waals surface area contributed by atoms with Crippen LogP contribution in [-0.2, 0) is 11.2 Å². The van der Waals surface area contributed by atoms with E-state index in [0.29, 0.717) is 0 Å². The highest BCUT2D eigenvalue weighted by molar-refractivity contribution is 5.31. The molecular weight excluding hydrogens is 248 g/mol. The molecule has 1 aliphatic heterocycles. The molecule has 1 aliphatic rings. The molecular formula is C17H24N2O. The lowest BCUT2D eigenvalue weighted by Gasteiger charge is -2.38. The van der Waals surface area contributed by atoms with Crippen LogP contribution in [0.5, 0.6) is 0 Å². The largest absolute Gasteiger partial charge is 0.379 e. The third kappa shape index (κ3) is 3.39. The smallest absolute Gasteiger partial charge is 0.106 e. The second-order valence-corrected chi connectivity index (χ2v) is 5.92. The molecule has 1 unspecified atom stereocenters. The quantitative estimate of drug-likeness (QED) is 0.845. The third-order valence-electron chi connectivity index (χ3n) is 4.34. The molecule has 108 valence electrons. The fourth-order valence-corrected chi connectivity index (χ4v) is 2.79. The minimum absolute atomic E-state index is 0.389. The lowest BCUT2D eigenvalue weighted by Crippen LogP contribution is -2.51. The Labute approximate surface area is 122 Å². The maximum Gasteiger partial charge on any atom is 0.106 e. The zero-order valence-corrected chi connectivity index (χ0v) is 12.8. The Morgan fingerprint density at radius 2 is 2.00 bits per heavy atom. The lowest BCUT2D eigenvalue weighted by atomic mass is 9.90. The summed E-state index contributed by atoms with van der Waals surface area (Å²) in [5, 5.41) is 9.61. The highest BCUT2D eigenvalue weighted by atomic mass is 16.5. The molecule has 1 fully saturated rings. The zero-order chi connectivity index (χ0) is 14.6. The third-order valence-corrected chi connectivity index (χ3v) is 4.34. The number of hydrogen-bond acceptors (Lipinski definition) is 3. The van der Waals surface area contributed by atoms with Crippen LogP contribution in [-0.4, -0.2) is 36.7 Å². The van der Waals surface area contributed by atoms with Crippen LogP contribution in [0.2, 0.25) is 0 Å². The van der Waals surface area contributed by atoms with Gasteiger partial charge in [-0.2, -0.15) is 5.26 Å². The molecule has 0 aliphatic carbocycles. The van der Waals surface area contributed by atoms with E-state index in [2.05, 4.69) is 49.9 Å². The van der Waals surface area contributed by atoms with E-state index in [1.165, 1.54) is 16.7 Å². The molecule has 1 aromatic carbocycles. The Morgan fingerprint density at radius 3 is 2.65 bits per heavy atom. The summed E-state index contributed by atoms with van der Waals surface area (Å²) in [4.78, 5) is 2.27. The van der Waals surface area contributed by atoms with Gasteiger partial charge in [0, 0.05) is 13.1 Å². The SMILES string of the molecule is Cc1ccc(C)c(CCC(C)(C#N)N2CCOCC2)c1. The molecule has 3 nitrogen and oxygen atoms in total. The topological polar surface area (TPSA) is 36.3 Å². The van der Waals surface area contributed by atoms with Crippen molar-refractivity contribution in [3.63, 3.8) is 0 Å². The maximum absolute atomic E-state index is 9.61. The van der Waals surface area contributed by atoms with E-state index < -0.39 is 0 Å². The average Bonchev–Trinajstić information content (AvgIpc) is 2.49. The standard InChI is InChI=1S/C17H24N2O/c1-14-4-5-15(2)16(12-14)6-7-17(3,13-18)19-8-10-20-11-9-19/h4-5,12H,6-11H2,1-3H3. The molecule has 0 N–H and O–H groups in total. The van der Waals surface area contributed by atoms with Gasteiger partial charge in [0.05, 0.1) is 19.3 Å². The van der Waals surface area contributed by atoms with Gasteiger partial charge in [0.2, 0.25) is 0 Å². The number of nitriles is 1. The Morgan fingerprint density at radius 1 is 1.30 bits per heavy atom. The summed E-state index contributed by atoms with van der Waals surface area (Å²) in [6.07, 6.45) is 1.82. The van der Waals surface area contributed by atoms with Crippen LogP contribution >= 0.6 is 0 Å². The molecule has 1 saturated heterocycles. The van der Waals surface area contributed by atoms with Gasteiger partial charge < -0.3 is 4.74 Å². The summed E-state index contributed by atoms with van der Waals surface area (Å²) < 4.78 is 5.39. The van der Waals surface area contributed by atoms with E-state index in [4.69, 9.17) is 4.74 Å². The molecule has 0 aromatic heterocycles. The first-order chi connectivity index (χ1) is 9.55. The highest BCUT2D eigenvalue weighted by Crippen LogP contribution is 2.24. The van der Waals surface area contributed by atoms with E-state index in [9.17, 15) is 5.26 Å². The van der Waals surface area contributed by atoms with Gasteiger partial charge in [0.25, 0.3) is 0 Å². The zero-order valence-electron chi connectivity index (χ0n) is 12.8. The van der Waals surface area contributed by atoms with Gasteiger partial charge >= 0.3 is 0 Å². The molecule has 0 amide bonds. The molecule has 3 heteroatoms. The predicted octanol–water partition coefficient (Wildman–Crippen LogP) is 2.85. The van der Waals surface area contributed by atoms with Crippen LogP contribution < -0.4 is 0 Å². The van der Waals surface area contributed by atoms with Gasteiger partial charge in [0.1, 0.15) is 5.54 Å². The molecule has 0 bridgehead atoms. The Hall–Kier alpha value is -1.37. The fourth-order valence-electron chi connectivity index (χ4n) is 2.79. The number of benzene rings is 1. The summed E-state index contributed by atoms with van der Waals surface area (Å²) in [6.45, 7) is 9.51. The van der Waals surface area contributed by atoms with E-state index in [1.807, 2.05) is 0 Å². The first-order valence-electron chi connectivity index (χ1n) is 7.35. The van der Waals surface area contributed by atoms with Crippen molar-refractivity contribution in [3.05, 3.63) is 34.9 Å². The van der Waals surface area contributed by atoms with Crippen LogP contribution in [0.3, 0.4) is 0 Å². The summed E-state index contributed by atoms with van der Waals surface area (Å²) in [7, 11) is 0. The first-order valence-corrected chi connectivity index (χ1v) is 7.35. The normalized spacial score (nSPS) is 19.3. The second kappa shape index (κ2) is 6.39. The summed E-state index contributed by atoms with van der Waals surface area (Å²) in [5.74, 6) is 0. The Bertz CT molecular complexity index is 500. The van der Waals surface area contributed by atoms with Gasteiger partial charge in [-0.15, -0.1) is 0 Å². The van der Waals surface area contributed by atoms with Crippen molar-refractivity contribution >= 4 is 0 Å². The number of nitrogens with zero attached hydrogens (tertiary/aromatic N) is 2. The summed E-state index contributed by atoms with van der Waals surface area (Å²) in [5.41, 5.74) is 3.58. The minimum Gasteiger partial charge on any atom is -0.379 e. The van der Waals surface area contributed by atoms with Gasteiger partial charge in [-0.05, 0) is 44.7 Å². The predicted molar refractivity (Wildman–Crippen MR) is 80.6 cm³/mol. The fraction of sp³-hybridized carbons (Fsp3) is 0.588. The van der Waals surface area contributed by atoms with Crippen molar-refractivity contribution in [2.24, 2.45) is 0 Å². The Kier molecular flexibility index (Phi) is 4.80. The summed E-state index contributed by atoms with van der Waals surface area (Å²) >= 11 is 0. The van der Waals surface area contributed by atoms with Crippen molar-refractivity contribution in [2.45, 2.75) is 39.2 Å². The number of ether oxygens (including phenoxy) is 1. The van der Waals surface area contributed by atoms with Crippen molar-refractivity contribution in [1.29, 1.82) is 5.26 Å². The van der Waals surface area contributed by atoms with E-state index in [-0.39, 0.29) is 5.54 Å². The number of morpholine rings is 1. The molecule has 0 radical (unpaired) electrons. The number of rotatable bonds is 4. The Balaban J connectivity index is 2.06. The highest BCUT2D eigenvalue weighted by Gasteiger charge is 2.32. The molecule has 0 saturated carbocycles. The van der Waals surface area contributed by atoms with Gasteiger partial charge in [-0.1, -0.05) is 23.8 Å². The summed E-state index contributed by atoms with van der Waals surface area (Å²) in [6, 6.07) is 9.08. The number of hydrogen-bond donors (Lipinski definition) is 0. The van der Waals surface area contributed by atoms with Crippen molar-refractivity contribution in [2.75, 3.05) is 26.3 Å². The van der Waals surface area contributed by atoms with E-state index in [0.717, 1.165) is 39.1 Å². The van der Waals surface area contributed by atoms with E-state index in [1.54, 1.807) is 0 Å². The molecule has 0 spiro atoms. The lowest BCUT2D eigenvalue weighted by molar-refractivity contribution is -0.000457. The van der Waals surface area contributed by atoms with Gasteiger partial charge in [-0.25, -0.2) is 0 Å². The van der Waals surface area contributed by atoms with Crippen LogP contribution in [0, 0.1) is 25.2 Å². The van der Waals surface area contributed by atoms with E-state index >= 15 is 0 Å². The van der Waals surface area contributed by atoms with Crippen molar-refractivity contribution in [1.82, 2.24) is 4.90 Å².